The molecule has 1 saturated heterocycles. The highest BCUT2D eigenvalue weighted by molar-refractivity contribution is 7.09. The second kappa shape index (κ2) is 9.05. The Morgan fingerprint density at radius 3 is 2.72 bits per heavy atom. The molecule has 0 saturated carbocycles. The predicted molar refractivity (Wildman–Crippen MR) is 117 cm³/mol. The Labute approximate surface area is 175 Å². The molecule has 0 N–H and O–H groups in total. The van der Waals surface area contributed by atoms with Crippen LogP contribution in [0.1, 0.15) is 40.7 Å². The minimum absolute atomic E-state index is 0.0654. The summed E-state index contributed by atoms with van der Waals surface area (Å²) in [5, 5.41) is 3.06. The molecule has 0 radical (unpaired) electrons. The van der Waals surface area contributed by atoms with Gasteiger partial charge in [0, 0.05) is 18.0 Å². The predicted octanol–water partition coefficient (Wildman–Crippen LogP) is 5.41. The van der Waals surface area contributed by atoms with Gasteiger partial charge in [-0.1, -0.05) is 42.5 Å². The number of aromatic nitrogens is 1. The van der Waals surface area contributed by atoms with Crippen molar-refractivity contribution in [1.82, 2.24) is 9.88 Å². The highest BCUT2D eigenvalue weighted by Crippen LogP contribution is 2.32. The molecule has 1 aliphatic heterocycles. The normalized spacial score (nSPS) is 16.4. The third kappa shape index (κ3) is 4.93. The number of carbonyl (C=O) groups is 1. The summed E-state index contributed by atoms with van der Waals surface area (Å²) in [6, 6.07) is 18.2. The maximum atomic E-state index is 12.7. The Morgan fingerprint density at radius 2 is 2.00 bits per heavy atom. The van der Waals surface area contributed by atoms with Gasteiger partial charge in [0.2, 0.25) is 5.91 Å². The van der Waals surface area contributed by atoms with Crippen LogP contribution in [0.5, 0.6) is 5.75 Å². The van der Waals surface area contributed by atoms with Crippen molar-refractivity contribution in [3.05, 3.63) is 87.9 Å². The standard InChI is InChI=1S/C24H24N2O2S/c1-18-25-21(17-29-18)16-28-22-12-9-19(10-13-22)11-14-24(27)26-15-5-8-23(26)20-6-3-2-4-7-20/h2-4,6-7,9-14,17,23H,5,8,15-16H2,1H3/b14-11+. The molecule has 0 aliphatic carbocycles. The molecule has 1 amide bonds. The number of hydrogen-bond acceptors (Lipinski definition) is 4. The maximum Gasteiger partial charge on any atom is 0.247 e. The van der Waals surface area contributed by atoms with Crippen molar-refractivity contribution in [2.24, 2.45) is 0 Å². The van der Waals surface area contributed by atoms with Gasteiger partial charge in [-0.25, -0.2) is 4.98 Å². The van der Waals surface area contributed by atoms with Gasteiger partial charge in [0.25, 0.3) is 0 Å². The minimum atomic E-state index is 0.0654. The van der Waals surface area contributed by atoms with E-state index in [9.17, 15) is 4.79 Å². The maximum absolute atomic E-state index is 12.7. The summed E-state index contributed by atoms with van der Waals surface area (Å²) in [7, 11) is 0. The Morgan fingerprint density at radius 1 is 1.21 bits per heavy atom. The van der Waals surface area contributed by atoms with Crippen LogP contribution in [0.15, 0.2) is 66.1 Å². The zero-order valence-electron chi connectivity index (χ0n) is 16.5. The summed E-state index contributed by atoms with van der Waals surface area (Å²) in [6.07, 6.45) is 5.61. The molecule has 1 fully saturated rings. The number of benzene rings is 2. The van der Waals surface area contributed by atoms with Crippen molar-refractivity contribution in [3.8, 4) is 5.75 Å². The number of carbonyl (C=O) groups excluding carboxylic acids is 1. The van der Waals surface area contributed by atoms with Crippen molar-refractivity contribution < 1.29 is 9.53 Å². The minimum Gasteiger partial charge on any atom is -0.487 e. The molecule has 0 bridgehead atoms. The van der Waals surface area contributed by atoms with Crippen molar-refractivity contribution >= 4 is 23.3 Å². The Hall–Kier alpha value is -2.92. The number of amides is 1. The van der Waals surface area contributed by atoms with Crippen LogP contribution in [0, 0.1) is 6.92 Å². The average Bonchev–Trinajstić information content (AvgIpc) is 3.41. The average molecular weight is 405 g/mol. The number of ether oxygens (including phenoxy) is 1. The first-order valence-electron chi connectivity index (χ1n) is 9.86. The summed E-state index contributed by atoms with van der Waals surface area (Å²) >= 11 is 1.62. The smallest absolute Gasteiger partial charge is 0.247 e. The van der Waals surface area contributed by atoms with E-state index < -0.39 is 0 Å². The first-order valence-corrected chi connectivity index (χ1v) is 10.7. The van der Waals surface area contributed by atoms with E-state index in [1.165, 1.54) is 5.56 Å². The van der Waals surface area contributed by atoms with Crippen LogP contribution < -0.4 is 4.74 Å². The Kier molecular flexibility index (Phi) is 6.06. The number of likely N-dealkylation sites (tertiary alicyclic amines) is 1. The van der Waals surface area contributed by atoms with Gasteiger partial charge in [-0.3, -0.25) is 4.79 Å². The third-order valence-corrected chi connectivity index (χ3v) is 5.89. The van der Waals surface area contributed by atoms with E-state index in [0.29, 0.717) is 6.61 Å². The quantitative estimate of drug-likeness (QED) is 0.516. The molecule has 4 nitrogen and oxygen atoms in total. The van der Waals surface area contributed by atoms with Crippen LogP contribution in [0.25, 0.3) is 6.08 Å². The highest BCUT2D eigenvalue weighted by Gasteiger charge is 2.28. The summed E-state index contributed by atoms with van der Waals surface area (Å²) < 4.78 is 5.78. The molecule has 1 unspecified atom stereocenters. The van der Waals surface area contributed by atoms with Gasteiger partial charge in [-0.15, -0.1) is 11.3 Å². The monoisotopic (exact) mass is 404 g/mol. The van der Waals surface area contributed by atoms with Crippen molar-refractivity contribution in [3.63, 3.8) is 0 Å². The molecule has 1 aromatic heterocycles. The van der Waals surface area contributed by atoms with Crippen molar-refractivity contribution in [1.29, 1.82) is 0 Å². The first kappa shape index (κ1) is 19.4. The Balaban J connectivity index is 1.35. The summed E-state index contributed by atoms with van der Waals surface area (Å²) in [5.41, 5.74) is 3.13. The molecule has 1 atom stereocenters. The second-order valence-electron chi connectivity index (χ2n) is 7.15. The number of rotatable bonds is 6. The zero-order chi connectivity index (χ0) is 20.1. The van der Waals surface area contributed by atoms with Crippen LogP contribution in [0.3, 0.4) is 0 Å². The molecule has 0 spiro atoms. The molecule has 5 heteroatoms. The van der Waals surface area contributed by atoms with Gasteiger partial charge in [0.15, 0.2) is 0 Å². The van der Waals surface area contributed by atoms with Gasteiger partial charge in [-0.05, 0) is 49.1 Å². The summed E-state index contributed by atoms with van der Waals surface area (Å²) in [4.78, 5) is 19.1. The van der Waals surface area contributed by atoms with Gasteiger partial charge in [0.1, 0.15) is 12.4 Å². The second-order valence-corrected chi connectivity index (χ2v) is 8.21. The fourth-order valence-corrected chi connectivity index (χ4v) is 4.22. The Bertz CT molecular complexity index is 980. The molecule has 3 aromatic rings. The van der Waals surface area contributed by atoms with Crippen molar-refractivity contribution in [2.45, 2.75) is 32.4 Å². The van der Waals surface area contributed by atoms with Crippen LogP contribution in [-0.2, 0) is 11.4 Å². The van der Waals surface area contributed by atoms with Gasteiger partial charge >= 0.3 is 0 Å². The molecule has 2 heterocycles. The number of hydrogen-bond donors (Lipinski definition) is 0. The van der Waals surface area contributed by atoms with Crippen LogP contribution >= 0.6 is 11.3 Å². The molecule has 1 aliphatic rings. The lowest BCUT2D eigenvalue weighted by molar-refractivity contribution is -0.126. The van der Waals surface area contributed by atoms with E-state index in [0.717, 1.165) is 41.4 Å². The van der Waals surface area contributed by atoms with Crippen LogP contribution in [0.2, 0.25) is 0 Å². The first-order chi connectivity index (χ1) is 14.2. The van der Waals surface area contributed by atoms with Gasteiger partial charge in [-0.2, -0.15) is 0 Å². The molecular formula is C24H24N2O2S. The van der Waals surface area contributed by atoms with Gasteiger partial charge in [0.05, 0.1) is 16.7 Å². The van der Waals surface area contributed by atoms with E-state index in [1.54, 1.807) is 17.4 Å². The lowest BCUT2D eigenvalue weighted by Gasteiger charge is -2.23. The fraction of sp³-hybridized carbons (Fsp3) is 0.250. The highest BCUT2D eigenvalue weighted by atomic mass is 32.1. The number of aryl methyl sites for hydroxylation is 1. The zero-order valence-corrected chi connectivity index (χ0v) is 17.3. The van der Waals surface area contributed by atoms with E-state index in [1.807, 2.05) is 65.7 Å². The topological polar surface area (TPSA) is 42.4 Å². The van der Waals surface area contributed by atoms with Crippen molar-refractivity contribution in [2.75, 3.05) is 6.54 Å². The van der Waals surface area contributed by atoms with E-state index in [4.69, 9.17) is 4.74 Å². The number of nitrogens with zero attached hydrogens (tertiary/aromatic N) is 2. The molecule has 29 heavy (non-hydrogen) atoms. The van der Waals surface area contributed by atoms with Crippen LogP contribution in [0.4, 0.5) is 0 Å². The van der Waals surface area contributed by atoms with Crippen LogP contribution in [-0.4, -0.2) is 22.3 Å². The largest absolute Gasteiger partial charge is 0.487 e. The van der Waals surface area contributed by atoms with Gasteiger partial charge < -0.3 is 9.64 Å². The summed E-state index contributed by atoms with van der Waals surface area (Å²) in [5.74, 6) is 0.860. The van der Waals surface area contributed by atoms with E-state index >= 15 is 0 Å². The SMILES string of the molecule is Cc1nc(COc2ccc(/C=C/C(=O)N3CCCC3c3ccccc3)cc2)cs1. The fourth-order valence-electron chi connectivity index (χ4n) is 3.62. The molecule has 4 rings (SSSR count). The molecule has 148 valence electrons. The molecular weight excluding hydrogens is 380 g/mol. The lowest BCUT2D eigenvalue weighted by atomic mass is 10.0. The summed E-state index contributed by atoms with van der Waals surface area (Å²) in [6.45, 7) is 3.26. The van der Waals surface area contributed by atoms with E-state index in [-0.39, 0.29) is 11.9 Å². The molecule has 2 aromatic carbocycles. The third-order valence-electron chi connectivity index (χ3n) is 5.07. The lowest BCUT2D eigenvalue weighted by Crippen LogP contribution is -2.28. The number of thiazole rings is 1. The van der Waals surface area contributed by atoms with E-state index in [2.05, 4.69) is 17.1 Å².